The SMILES string of the molecule is COC(=O)c1ccc(NC(=O)Cn2nc3c4c5c(sc4ncn3c2=O)CCCC5)cc1. The van der Waals surface area contributed by atoms with E-state index in [9.17, 15) is 14.4 Å². The molecule has 1 N–H and O–H groups in total. The van der Waals surface area contributed by atoms with Crippen LogP contribution >= 0.6 is 11.3 Å². The Labute approximate surface area is 180 Å². The Bertz CT molecular complexity index is 1380. The van der Waals surface area contributed by atoms with Gasteiger partial charge in [-0.05, 0) is 55.5 Å². The average molecular weight is 437 g/mol. The van der Waals surface area contributed by atoms with Crippen molar-refractivity contribution in [3.8, 4) is 0 Å². The van der Waals surface area contributed by atoms with Gasteiger partial charge in [0.25, 0.3) is 0 Å². The van der Waals surface area contributed by atoms with Crippen LogP contribution in [0.5, 0.6) is 0 Å². The number of methoxy groups -OCH3 is 1. The maximum Gasteiger partial charge on any atom is 0.352 e. The first-order chi connectivity index (χ1) is 15.0. The molecule has 0 saturated carbocycles. The van der Waals surface area contributed by atoms with Gasteiger partial charge in [-0.15, -0.1) is 16.4 Å². The monoisotopic (exact) mass is 437 g/mol. The van der Waals surface area contributed by atoms with Crippen LogP contribution in [0.25, 0.3) is 15.9 Å². The van der Waals surface area contributed by atoms with E-state index in [2.05, 4.69) is 20.1 Å². The van der Waals surface area contributed by atoms with Crippen molar-refractivity contribution < 1.29 is 14.3 Å². The molecule has 1 aromatic carbocycles. The third kappa shape index (κ3) is 3.38. The summed E-state index contributed by atoms with van der Waals surface area (Å²) < 4.78 is 7.22. The summed E-state index contributed by atoms with van der Waals surface area (Å²) in [6.07, 6.45) is 5.75. The molecule has 3 aromatic heterocycles. The number of anilines is 1. The van der Waals surface area contributed by atoms with Crippen molar-refractivity contribution in [1.82, 2.24) is 19.2 Å². The van der Waals surface area contributed by atoms with Gasteiger partial charge in [-0.1, -0.05) is 0 Å². The van der Waals surface area contributed by atoms with Gasteiger partial charge in [0.05, 0.1) is 18.1 Å². The number of aromatic nitrogens is 4. The largest absolute Gasteiger partial charge is 0.465 e. The standard InChI is InChI=1S/C21H19N5O4S/c1-30-20(28)12-6-8-13(9-7-12)23-16(27)10-26-21(29)25-11-22-19-17(18(25)24-26)14-4-2-3-5-15(14)31-19/h6-9,11H,2-5,10H2,1H3,(H,23,27). The van der Waals surface area contributed by atoms with E-state index in [4.69, 9.17) is 0 Å². The van der Waals surface area contributed by atoms with Crippen LogP contribution in [0.1, 0.15) is 33.6 Å². The molecule has 0 atom stereocenters. The fraction of sp³-hybridized carbons (Fsp3) is 0.286. The lowest BCUT2D eigenvalue weighted by Crippen LogP contribution is -2.28. The van der Waals surface area contributed by atoms with Gasteiger partial charge in [-0.25, -0.2) is 23.7 Å². The third-order valence-electron chi connectivity index (χ3n) is 5.42. The van der Waals surface area contributed by atoms with Crippen molar-refractivity contribution in [2.75, 3.05) is 12.4 Å². The van der Waals surface area contributed by atoms with Crippen molar-refractivity contribution in [3.63, 3.8) is 0 Å². The van der Waals surface area contributed by atoms with Crippen molar-refractivity contribution in [1.29, 1.82) is 0 Å². The molecule has 0 spiro atoms. The van der Waals surface area contributed by atoms with Crippen molar-refractivity contribution in [2.45, 2.75) is 32.2 Å². The molecule has 1 aliphatic carbocycles. The Morgan fingerprint density at radius 2 is 1.97 bits per heavy atom. The molecule has 4 aromatic rings. The van der Waals surface area contributed by atoms with E-state index in [0.29, 0.717) is 16.9 Å². The lowest BCUT2D eigenvalue weighted by molar-refractivity contribution is -0.117. The second-order valence-corrected chi connectivity index (χ2v) is 8.47. The van der Waals surface area contributed by atoms with Crippen LogP contribution in [0.15, 0.2) is 35.4 Å². The number of hydrogen-bond donors (Lipinski definition) is 1. The van der Waals surface area contributed by atoms with Crippen molar-refractivity contribution in [2.24, 2.45) is 0 Å². The highest BCUT2D eigenvalue weighted by Gasteiger charge is 2.22. The number of nitrogens with one attached hydrogen (secondary N) is 1. The van der Waals surface area contributed by atoms with Crippen LogP contribution in [0, 0.1) is 0 Å². The molecule has 0 unspecified atom stereocenters. The number of rotatable bonds is 4. The number of thiophene rings is 1. The summed E-state index contributed by atoms with van der Waals surface area (Å²) >= 11 is 1.66. The van der Waals surface area contributed by atoms with Crippen molar-refractivity contribution >= 4 is 44.8 Å². The maximum absolute atomic E-state index is 12.8. The van der Waals surface area contributed by atoms with E-state index in [1.54, 1.807) is 35.6 Å². The molecule has 158 valence electrons. The minimum atomic E-state index is -0.454. The second kappa shape index (κ2) is 7.62. The number of hydrogen-bond acceptors (Lipinski definition) is 7. The van der Waals surface area contributed by atoms with Gasteiger partial charge < -0.3 is 10.1 Å². The number of aryl methyl sites for hydroxylation is 2. The first-order valence-corrected chi connectivity index (χ1v) is 10.7. The Kier molecular flexibility index (Phi) is 4.78. The zero-order valence-corrected chi connectivity index (χ0v) is 17.6. The van der Waals surface area contributed by atoms with Gasteiger partial charge in [-0.3, -0.25) is 4.79 Å². The van der Waals surface area contributed by atoms with Crippen LogP contribution < -0.4 is 11.0 Å². The number of amides is 1. The van der Waals surface area contributed by atoms with Gasteiger partial charge >= 0.3 is 11.7 Å². The number of carbonyl (C=O) groups excluding carboxylic acids is 2. The van der Waals surface area contributed by atoms with E-state index < -0.39 is 17.6 Å². The molecule has 0 fully saturated rings. The summed E-state index contributed by atoms with van der Waals surface area (Å²) in [6.45, 7) is -0.229. The first kappa shape index (κ1) is 19.4. The summed E-state index contributed by atoms with van der Waals surface area (Å²) in [5.41, 5.74) is 2.26. The molecule has 31 heavy (non-hydrogen) atoms. The normalized spacial score (nSPS) is 13.3. The molecule has 3 heterocycles. The lowest BCUT2D eigenvalue weighted by atomic mass is 9.97. The van der Waals surface area contributed by atoms with E-state index in [1.807, 2.05) is 0 Å². The topological polar surface area (TPSA) is 108 Å². The fourth-order valence-corrected chi connectivity index (χ4v) is 5.15. The second-order valence-electron chi connectivity index (χ2n) is 7.39. The summed E-state index contributed by atoms with van der Waals surface area (Å²) in [5, 5.41) is 8.10. The maximum atomic E-state index is 12.8. The smallest absolute Gasteiger partial charge is 0.352 e. The highest BCUT2D eigenvalue weighted by molar-refractivity contribution is 7.19. The van der Waals surface area contributed by atoms with E-state index in [1.165, 1.54) is 28.3 Å². The van der Waals surface area contributed by atoms with Crippen LogP contribution in [-0.4, -0.2) is 38.2 Å². The van der Waals surface area contributed by atoms with E-state index in [-0.39, 0.29) is 6.54 Å². The Morgan fingerprint density at radius 3 is 2.74 bits per heavy atom. The molecule has 5 rings (SSSR count). The van der Waals surface area contributed by atoms with Crippen LogP contribution in [0.3, 0.4) is 0 Å². The summed E-state index contributed by atoms with van der Waals surface area (Å²) in [7, 11) is 1.31. The number of esters is 1. The van der Waals surface area contributed by atoms with Gasteiger partial charge in [-0.2, -0.15) is 0 Å². The number of ether oxygens (including phenoxy) is 1. The molecule has 1 aliphatic rings. The number of fused-ring (bicyclic) bond motifs is 5. The van der Waals surface area contributed by atoms with Gasteiger partial charge in [0.15, 0.2) is 5.65 Å². The molecule has 10 heteroatoms. The average Bonchev–Trinajstić information content (AvgIpc) is 3.31. The molecule has 0 radical (unpaired) electrons. The highest BCUT2D eigenvalue weighted by atomic mass is 32.1. The van der Waals surface area contributed by atoms with Crippen molar-refractivity contribution in [3.05, 3.63) is 57.1 Å². The molecular formula is C21H19N5O4S. The highest BCUT2D eigenvalue weighted by Crippen LogP contribution is 2.36. The number of nitrogens with zero attached hydrogens (tertiary/aromatic N) is 4. The van der Waals surface area contributed by atoms with Crippen LogP contribution in [0.2, 0.25) is 0 Å². The van der Waals surface area contributed by atoms with Gasteiger partial charge in [0.2, 0.25) is 5.91 Å². The predicted octanol–water partition coefficient (Wildman–Crippen LogP) is 2.41. The van der Waals surface area contributed by atoms with Gasteiger partial charge in [0, 0.05) is 10.6 Å². The number of carbonyl (C=O) groups is 2. The molecule has 9 nitrogen and oxygen atoms in total. The molecular weight excluding hydrogens is 418 g/mol. The minimum Gasteiger partial charge on any atom is -0.465 e. The lowest BCUT2D eigenvalue weighted by Gasteiger charge is -2.09. The summed E-state index contributed by atoms with van der Waals surface area (Å²) in [4.78, 5) is 43.5. The summed E-state index contributed by atoms with van der Waals surface area (Å²) in [6, 6.07) is 6.31. The zero-order chi connectivity index (χ0) is 21.5. The van der Waals surface area contributed by atoms with Crippen LogP contribution in [0.4, 0.5) is 5.69 Å². The Balaban J connectivity index is 1.42. The van der Waals surface area contributed by atoms with Gasteiger partial charge in [0.1, 0.15) is 17.7 Å². The van der Waals surface area contributed by atoms with Crippen LogP contribution in [-0.2, 0) is 28.9 Å². The third-order valence-corrected chi connectivity index (χ3v) is 6.62. The quantitative estimate of drug-likeness (QED) is 0.491. The zero-order valence-electron chi connectivity index (χ0n) is 16.8. The molecule has 1 amide bonds. The van der Waals surface area contributed by atoms with E-state index in [0.717, 1.165) is 40.6 Å². The molecule has 0 saturated heterocycles. The molecule has 0 bridgehead atoms. The first-order valence-electron chi connectivity index (χ1n) is 9.92. The predicted molar refractivity (Wildman–Crippen MR) is 116 cm³/mol. The number of benzene rings is 1. The Hall–Kier alpha value is -3.53. The fourth-order valence-electron chi connectivity index (χ4n) is 3.92. The Morgan fingerprint density at radius 1 is 1.19 bits per heavy atom. The van der Waals surface area contributed by atoms with E-state index >= 15 is 0 Å². The summed E-state index contributed by atoms with van der Waals surface area (Å²) in [5.74, 6) is -0.849. The molecule has 0 aliphatic heterocycles. The minimum absolute atomic E-state index is 0.229.